The fourth-order valence-corrected chi connectivity index (χ4v) is 1.99. The molecule has 12 heteroatoms. The van der Waals surface area contributed by atoms with E-state index in [2.05, 4.69) is 10.6 Å². The average Bonchev–Trinajstić information content (AvgIpc) is 2.51. The summed E-state index contributed by atoms with van der Waals surface area (Å²) in [7, 11) is 0. The van der Waals surface area contributed by atoms with E-state index in [1.54, 1.807) is 0 Å². The van der Waals surface area contributed by atoms with Crippen molar-refractivity contribution in [1.29, 1.82) is 0 Å². The number of carbonyl (C=O) groups excluding carboxylic acids is 3. The van der Waals surface area contributed by atoms with Gasteiger partial charge in [0.25, 0.3) is 0 Å². The van der Waals surface area contributed by atoms with Crippen LogP contribution in [-0.4, -0.2) is 64.5 Å². The second kappa shape index (κ2) is 11.8. The van der Waals surface area contributed by atoms with Gasteiger partial charge in [0.05, 0.1) is 18.9 Å². The lowest BCUT2D eigenvalue weighted by atomic mass is 10.1. The number of nitrogens with one attached hydrogen (secondary N) is 2. The Kier molecular flexibility index (Phi) is 10.5. The van der Waals surface area contributed by atoms with E-state index in [9.17, 15) is 24.0 Å². The molecule has 0 bridgehead atoms. The summed E-state index contributed by atoms with van der Waals surface area (Å²) in [4.78, 5) is 56.8. The Morgan fingerprint density at radius 3 is 1.92 bits per heavy atom. The van der Waals surface area contributed by atoms with Crippen LogP contribution in [0.4, 0.5) is 0 Å². The minimum absolute atomic E-state index is 0.122. The number of rotatable bonds is 13. The zero-order valence-corrected chi connectivity index (χ0v) is 14.1. The Hall–Kier alpha value is -2.73. The van der Waals surface area contributed by atoms with Gasteiger partial charge < -0.3 is 38.0 Å². The van der Waals surface area contributed by atoms with Gasteiger partial charge >= 0.3 is 11.9 Å². The lowest BCUT2D eigenvalue weighted by Gasteiger charge is -2.22. The molecule has 148 valence electrons. The summed E-state index contributed by atoms with van der Waals surface area (Å²) < 4.78 is 0. The SMILES string of the molecule is NCCCC[C@H](NC(=O)[C@@H](N)CC(=O)O)C(=O)N[C@@H](CC(N)=O)C(=O)O. The molecule has 0 rings (SSSR count). The van der Waals surface area contributed by atoms with Crippen LogP contribution >= 0.6 is 0 Å². The number of carboxylic acid groups (broad SMARTS) is 2. The Balaban J connectivity index is 5.05. The predicted octanol–water partition coefficient (Wildman–Crippen LogP) is -3.15. The van der Waals surface area contributed by atoms with E-state index < -0.39 is 60.6 Å². The van der Waals surface area contributed by atoms with E-state index in [-0.39, 0.29) is 6.42 Å². The fourth-order valence-electron chi connectivity index (χ4n) is 1.99. The number of aliphatic carboxylic acids is 2. The molecule has 0 aromatic carbocycles. The van der Waals surface area contributed by atoms with Crippen molar-refractivity contribution in [2.75, 3.05) is 6.54 Å². The number of amides is 3. The third kappa shape index (κ3) is 9.54. The van der Waals surface area contributed by atoms with Crippen molar-refractivity contribution < 1.29 is 34.2 Å². The third-order valence-corrected chi connectivity index (χ3v) is 3.33. The topological polar surface area (TPSA) is 228 Å². The summed E-state index contributed by atoms with van der Waals surface area (Å²) in [5.41, 5.74) is 15.7. The molecule has 3 amide bonds. The molecule has 0 aliphatic rings. The third-order valence-electron chi connectivity index (χ3n) is 3.33. The van der Waals surface area contributed by atoms with Crippen LogP contribution in [0.5, 0.6) is 0 Å². The van der Waals surface area contributed by atoms with Gasteiger partial charge in [-0.1, -0.05) is 0 Å². The minimum Gasteiger partial charge on any atom is -0.481 e. The maximum absolute atomic E-state index is 12.3. The quantitative estimate of drug-likeness (QED) is 0.161. The minimum atomic E-state index is -1.55. The molecule has 0 saturated carbocycles. The maximum atomic E-state index is 12.3. The average molecular weight is 375 g/mol. The molecular formula is C14H25N5O7. The van der Waals surface area contributed by atoms with Gasteiger partial charge in [-0.25, -0.2) is 4.79 Å². The van der Waals surface area contributed by atoms with Crippen molar-refractivity contribution in [2.45, 2.75) is 50.2 Å². The number of primary amides is 1. The van der Waals surface area contributed by atoms with E-state index in [4.69, 9.17) is 27.4 Å². The number of nitrogens with two attached hydrogens (primary N) is 3. The molecule has 0 unspecified atom stereocenters. The van der Waals surface area contributed by atoms with Gasteiger partial charge in [-0.15, -0.1) is 0 Å². The first-order chi connectivity index (χ1) is 12.1. The molecule has 0 aliphatic heterocycles. The number of hydrogen-bond donors (Lipinski definition) is 7. The smallest absolute Gasteiger partial charge is 0.326 e. The Labute approximate surface area is 149 Å². The number of unbranched alkanes of at least 4 members (excludes halogenated alkanes) is 1. The van der Waals surface area contributed by atoms with E-state index in [1.165, 1.54) is 0 Å². The van der Waals surface area contributed by atoms with Crippen LogP contribution in [0, 0.1) is 0 Å². The lowest BCUT2D eigenvalue weighted by molar-refractivity contribution is -0.144. The summed E-state index contributed by atoms with van der Waals surface area (Å²) in [6.07, 6.45) is -0.149. The Morgan fingerprint density at radius 1 is 0.885 bits per heavy atom. The Bertz CT molecular complexity index is 540. The molecule has 10 N–H and O–H groups in total. The summed E-state index contributed by atoms with van der Waals surface area (Å²) in [6, 6.07) is -4.09. The second-order valence-electron chi connectivity index (χ2n) is 5.62. The van der Waals surface area contributed by atoms with Crippen molar-refractivity contribution in [3.63, 3.8) is 0 Å². The molecule has 0 fully saturated rings. The van der Waals surface area contributed by atoms with Gasteiger partial charge in [0, 0.05) is 0 Å². The van der Waals surface area contributed by atoms with Gasteiger partial charge in [-0.2, -0.15) is 0 Å². The Morgan fingerprint density at radius 2 is 1.46 bits per heavy atom. The summed E-state index contributed by atoms with van der Waals surface area (Å²) in [5.74, 6) is -5.41. The number of hydrogen-bond acceptors (Lipinski definition) is 7. The molecule has 0 aromatic heterocycles. The van der Waals surface area contributed by atoms with E-state index in [1.807, 2.05) is 0 Å². The molecule has 0 radical (unpaired) electrons. The fraction of sp³-hybridized carbons (Fsp3) is 0.643. The molecule has 26 heavy (non-hydrogen) atoms. The van der Waals surface area contributed by atoms with Crippen molar-refractivity contribution in [2.24, 2.45) is 17.2 Å². The zero-order chi connectivity index (χ0) is 20.3. The summed E-state index contributed by atoms with van der Waals surface area (Å²) in [6.45, 7) is 0.347. The number of carbonyl (C=O) groups is 5. The highest BCUT2D eigenvalue weighted by Gasteiger charge is 2.29. The van der Waals surface area contributed by atoms with Crippen molar-refractivity contribution >= 4 is 29.7 Å². The van der Waals surface area contributed by atoms with Crippen LogP contribution in [0.25, 0.3) is 0 Å². The highest BCUT2D eigenvalue weighted by molar-refractivity contribution is 5.93. The summed E-state index contributed by atoms with van der Waals surface area (Å²) >= 11 is 0. The number of carboxylic acids is 2. The van der Waals surface area contributed by atoms with Gasteiger partial charge in [0.2, 0.25) is 17.7 Å². The first-order valence-electron chi connectivity index (χ1n) is 7.87. The highest BCUT2D eigenvalue weighted by Crippen LogP contribution is 2.04. The molecule has 3 atom stereocenters. The van der Waals surface area contributed by atoms with Crippen molar-refractivity contribution in [1.82, 2.24) is 10.6 Å². The molecule has 12 nitrogen and oxygen atoms in total. The van der Waals surface area contributed by atoms with Gasteiger partial charge in [0.15, 0.2) is 0 Å². The van der Waals surface area contributed by atoms with Gasteiger partial charge in [-0.3, -0.25) is 19.2 Å². The standard InChI is InChI=1S/C14H25N5O7/c15-4-2-1-3-8(18-12(23)7(16)5-11(21)22)13(24)19-9(14(25)26)6-10(17)20/h7-9H,1-6,15-16H2,(H2,17,20)(H,18,23)(H,19,24)(H,21,22)(H,25,26)/t7-,8-,9-/m0/s1. The van der Waals surface area contributed by atoms with Crippen LogP contribution in [0.2, 0.25) is 0 Å². The van der Waals surface area contributed by atoms with Crippen molar-refractivity contribution in [3.05, 3.63) is 0 Å². The first-order valence-corrected chi connectivity index (χ1v) is 7.87. The van der Waals surface area contributed by atoms with Crippen LogP contribution in [0.3, 0.4) is 0 Å². The normalized spacial score (nSPS) is 13.9. The molecule has 0 aromatic rings. The van der Waals surface area contributed by atoms with E-state index in [0.717, 1.165) is 0 Å². The lowest BCUT2D eigenvalue weighted by Crippen LogP contribution is -2.55. The zero-order valence-electron chi connectivity index (χ0n) is 14.1. The second-order valence-corrected chi connectivity index (χ2v) is 5.62. The highest BCUT2D eigenvalue weighted by atomic mass is 16.4. The van der Waals surface area contributed by atoms with Crippen molar-refractivity contribution in [3.8, 4) is 0 Å². The first kappa shape index (κ1) is 23.3. The van der Waals surface area contributed by atoms with Gasteiger partial charge in [-0.05, 0) is 25.8 Å². The monoisotopic (exact) mass is 375 g/mol. The molecule has 0 spiro atoms. The van der Waals surface area contributed by atoms with Crippen LogP contribution < -0.4 is 27.8 Å². The molecular weight excluding hydrogens is 350 g/mol. The van der Waals surface area contributed by atoms with E-state index in [0.29, 0.717) is 19.4 Å². The van der Waals surface area contributed by atoms with Crippen LogP contribution in [0.1, 0.15) is 32.1 Å². The maximum Gasteiger partial charge on any atom is 0.326 e. The van der Waals surface area contributed by atoms with Crippen LogP contribution in [-0.2, 0) is 24.0 Å². The largest absolute Gasteiger partial charge is 0.481 e. The van der Waals surface area contributed by atoms with E-state index >= 15 is 0 Å². The van der Waals surface area contributed by atoms with Crippen LogP contribution in [0.15, 0.2) is 0 Å². The molecule has 0 aliphatic carbocycles. The molecule has 0 saturated heterocycles. The summed E-state index contributed by atoms with van der Waals surface area (Å²) in [5, 5.41) is 22.1. The predicted molar refractivity (Wildman–Crippen MR) is 88.4 cm³/mol. The molecule has 0 heterocycles. The van der Waals surface area contributed by atoms with Gasteiger partial charge in [0.1, 0.15) is 12.1 Å².